The fourth-order valence-electron chi connectivity index (χ4n) is 10.7. The molecule has 0 N–H and O–H groups in total. The molecule has 0 bridgehead atoms. The Hall–Kier alpha value is -7.12. The number of halogens is 2. The zero-order valence-electron chi connectivity index (χ0n) is 35.2. The first-order chi connectivity index (χ1) is 31.3. The van der Waals surface area contributed by atoms with Crippen LogP contribution in [0.1, 0.15) is 26.3 Å². The third-order valence-corrected chi connectivity index (χ3v) is 15.4. The number of aromatic nitrogens is 2. The van der Waals surface area contributed by atoms with E-state index in [9.17, 15) is 0 Å². The number of thiophene rings is 2. The largest absolute Gasteiger partial charge is 0.309 e. The second kappa shape index (κ2) is 13.7. The summed E-state index contributed by atoms with van der Waals surface area (Å²) < 4.78 is 43.6. The zero-order valence-corrected chi connectivity index (χ0v) is 36.8. The van der Waals surface area contributed by atoms with Gasteiger partial charge in [0.15, 0.2) is 0 Å². The van der Waals surface area contributed by atoms with Gasteiger partial charge in [-0.2, -0.15) is 0 Å². The van der Waals surface area contributed by atoms with Crippen molar-refractivity contribution in [3.05, 3.63) is 193 Å². The van der Waals surface area contributed by atoms with Crippen molar-refractivity contribution >= 4 is 107 Å². The molecule has 0 saturated carbocycles. The van der Waals surface area contributed by atoms with Gasteiger partial charge in [-0.25, -0.2) is 8.78 Å². The SMILES string of the molecule is CC(C)(C)c1c(-c2ccccc2F)c(-n2c3ccccc3c3c4c(ccc32)sc2ccccc24)cc(-n2c3ccccc3c3c4c(ccc32)sc2ccccc24)c1-c1ccccc1F. The molecule has 0 aliphatic heterocycles. The average Bonchev–Trinajstić information content (AvgIpc) is 4.06. The molecule has 0 saturated heterocycles. The molecule has 4 heterocycles. The van der Waals surface area contributed by atoms with Gasteiger partial charge in [0, 0.05) is 84.1 Å². The summed E-state index contributed by atoms with van der Waals surface area (Å²) >= 11 is 3.61. The molecule has 13 rings (SSSR count). The highest BCUT2D eigenvalue weighted by Crippen LogP contribution is 2.52. The molecule has 0 aliphatic carbocycles. The summed E-state index contributed by atoms with van der Waals surface area (Å²) in [5, 5.41) is 9.42. The van der Waals surface area contributed by atoms with E-state index in [-0.39, 0.29) is 11.6 Å². The Balaban J connectivity index is 1.30. The molecular formula is C58H38F2N2S2. The van der Waals surface area contributed by atoms with E-state index in [0.29, 0.717) is 11.1 Å². The normalized spacial score (nSPS) is 12.5. The molecule has 13 aromatic rings. The Labute approximate surface area is 375 Å². The van der Waals surface area contributed by atoms with Gasteiger partial charge in [0.25, 0.3) is 0 Å². The number of nitrogens with zero attached hydrogens (tertiary/aromatic N) is 2. The number of rotatable bonds is 4. The van der Waals surface area contributed by atoms with Gasteiger partial charge in [0.05, 0.1) is 33.4 Å². The van der Waals surface area contributed by atoms with Crippen molar-refractivity contribution in [3.63, 3.8) is 0 Å². The van der Waals surface area contributed by atoms with Gasteiger partial charge < -0.3 is 9.13 Å². The maximum atomic E-state index is 17.0. The molecule has 0 atom stereocenters. The highest BCUT2D eigenvalue weighted by Gasteiger charge is 2.34. The summed E-state index contributed by atoms with van der Waals surface area (Å²) in [6.45, 7) is 6.51. The molecule has 0 fully saturated rings. The van der Waals surface area contributed by atoms with Crippen LogP contribution in [0.4, 0.5) is 8.78 Å². The Morgan fingerprint density at radius 2 is 0.766 bits per heavy atom. The maximum Gasteiger partial charge on any atom is 0.131 e. The topological polar surface area (TPSA) is 9.86 Å². The van der Waals surface area contributed by atoms with Crippen molar-refractivity contribution in [1.29, 1.82) is 0 Å². The molecule has 306 valence electrons. The van der Waals surface area contributed by atoms with E-state index in [1.165, 1.54) is 40.3 Å². The first-order valence-corrected chi connectivity index (χ1v) is 23.3. The first-order valence-electron chi connectivity index (χ1n) is 21.6. The minimum Gasteiger partial charge on any atom is -0.309 e. The third kappa shape index (κ3) is 5.21. The lowest BCUT2D eigenvalue weighted by Gasteiger charge is -2.32. The first kappa shape index (κ1) is 37.4. The summed E-state index contributed by atoms with van der Waals surface area (Å²) in [5.74, 6) is -0.672. The van der Waals surface area contributed by atoms with Gasteiger partial charge in [-0.05, 0) is 77.7 Å². The summed E-state index contributed by atoms with van der Waals surface area (Å²) in [6, 6.07) is 59.8. The number of hydrogen-bond donors (Lipinski definition) is 0. The zero-order chi connectivity index (χ0) is 43.0. The Morgan fingerprint density at radius 3 is 1.20 bits per heavy atom. The lowest BCUT2D eigenvalue weighted by molar-refractivity contribution is 0.588. The molecule has 0 spiro atoms. The summed E-state index contributed by atoms with van der Waals surface area (Å²) in [5.41, 5.74) is 8.34. The van der Waals surface area contributed by atoms with Gasteiger partial charge >= 0.3 is 0 Å². The molecule has 0 radical (unpaired) electrons. The minimum atomic E-state index is -0.620. The number of hydrogen-bond acceptors (Lipinski definition) is 2. The molecular weight excluding hydrogens is 827 g/mol. The Bertz CT molecular complexity index is 3840. The van der Waals surface area contributed by atoms with Crippen molar-refractivity contribution in [2.75, 3.05) is 0 Å². The number of para-hydroxylation sites is 2. The van der Waals surface area contributed by atoms with Gasteiger partial charge in [0.1, 0.15) is 11.6 Å². The molecule has 9 aromatic carbocycles. The van der Waals surface area contributed by atoms with E-state index >= 15 is 8.78 Å². The molecule has 0 amide bonds. The lowest BCUT2D eigenvalue weighted by atomic mass is 9.75. The molecule has 0 unspecified atom stereocenters. The van der Waals surface area contributed by atoms with Gasteiger partial charge in [-0.15, -0.1) is 22.7 Å². The monoisotopic (exact) mass is 864 g/mol. The molecule has 0 aliphatic rings. The van der Waals surface area contributed by atoms with E-state index in [1.54, 1.807) is 46.9 Å². The van der Waals surface area contributed by atoms with Crippen LogP contribution >= 0.6 is 22.7 Å². The highest BCUT2D eigenvalue weighted by molar-refractivity contribution is 7.26. The van der Waals surface area contributed by atoms with Crippen molar-refractivity contribution < 1.29 is 8.78 Å². The highest BCUT2D eigenvalue weighted by atomic mass is 32.1. The van der Waals surface area contributed by atoms with Crippen LogP contribution in [0, 0.1) is 11.6 Å². The summed E-state index contributed by atoms with van der Waals surface area (Å²) in [4.78, 5) is 0. The summed E-state index contributed by atoms with van der Waals surface area (Å²) in [7, 11) is 0. The van der Waals surface area contributed by atoms with E-state index in [2.05, 4.69) is 157 Å². The predicted molar refractivity (Wildman–Crippen MR) is 270 cm³/mol. The van der Waals surface area contributed by atoms with Crippen LogP contribution in [0.15, 0.2) is 176 Å². The quantitative estimate of drug-likeness (QED) is 0.167. The van der Waals surface area contributed by atoms with Crippen molar-refractivity contribution in [3.8, 4) is 33.6 Å². The van der Waals surface area contributed by atoms with Gasteiger partial charge in [-0.3, -0.25) is 0 Å². The van der Waals surface area contributed by atoms with Crippen molar-refractivity contribution in [2.24, 2.45) is 0 Å². The van der Waals surface area contributed by atoms with E-state index in [1.807, 2.05) is 24.3 Å². The fourth-order valence-corrected chi connectivity index (χ4v) is 12.9. The fraction of sp³-hybridized carbons (Fsp3) is 0.0690. The Kier molecular flexibility index (Phi) is 8.01. The molecule has 64 heavy (non-hydrogen) atoms. The minimum absolute atomic E-state index is 0.336. The predicted octanol–water partition coefficient (Wildman–Crippen LogP) is 17.5. The Morgan fingerprint density at radius 1 is 0.375 bits per heavy atom. The second-order valence-corrected chi connectivity index (χ2v) is 20.0. The maximum absolute atomic E-state index is 17.0. The van der Waals surface area contributed by atoms with Crippen LogP contribution in [0.2, 0.25) is 0 Å². The van der Waals surface area contributed by atoms with Crippen molar-refractivity contribution in [1.82, 2.24) is 9.13 Å². The van der Waals surface area contributed by atoms with Crippen LogP contribution in [-0.2, 0) is 5.41 Å². The number of fused-ring (bicyclic) bond motifs is 14. The van der Waals surface area contributed by atoms with E-state index < -0.39 is 5.41 Å². The number of benzene rings is 9. The van der Waals surface area contributed by atoms with Crippen LogP contribution in [0.25, 0.3) is 118 Å². The smallest absolute Gasteiger partial charge is 0.131 e. The average molecular weight is 865 g/mol. The molecule has 2 nitrogen and oxygen atoms in total. The van der Waals surface area contributed by atoms with Crippen LogP contribution in [0.5, 0.6) is 0 Å². The van der Waals surface area contributed by atoms with E-state index in [4.69, 9.17) is 0 Å². The summed E-state index contributed by atoms with van der Waals surface area (Å²) in [6.07, 6.45) is 0. The van der Waals surface area contributed by atoms with Crippen molar-refractivity contribution in [2.45, 2.75) is 26.2 Å². The lowest BCUT2D eigenvalue weighted by Crippen LogP contribution is -2.19. The standard InChI is InChI=1S/C58H38F2N2S2/c1-58(2,3)57-53(33-16-4-10-22-39(33)59)45(61-41-24-12-6-18-35(41)51-43(61)28-30-49-55(51)37-20-8-14-26-47(37)63-49)32-46(54(57)34-17-5-11-23-40(34)60)62-42-25-13-7-19-36(42)52-44(62)29-31-50-56(52)38-21-9-15-27-48(38)64-50/h4-32H,1-3H3. The van der Waals surface area contributed by atoms with Crippen LogP contribution < -0.4 is 0 Å². The van der Waals surface area contributed by atoms with Gasteiger partial charge in [0.2, 0.25) is 0 Å². The third-order valence-electron chi connectivity index (χ3n) is 13.2. The molecule has 6 heteroatoms. The van der Waals surface area contributed by atoms with Gasteiger partial charge in [-0.1, -0.05) is 130 Å². The van der Waals surface area contributed by atoms with E-state index in [0.717, 1.165) is 71.7 Å². The second-order valence-electron chi connectivity index (χ2n) is 17.8. The van der Waals surface area contributed by atoms with Crippen LogP contribution in [-0.4, -0.2) is 9.13 Å². The van der Waals surface area contributed by atoms with Crippen LogP contribution in [0.3, 0.4) is 0 Å². The molecule has 4 aromatic heterocycles.